The molecule has 142 valence electrons. The van der Waals surface area contributed by atoms with Gasteiger partial charge in [-0.25, -0.2) is 9.18 Å². The van der Waals surface area contributed by atoms with Crippen molar-refractivity contribution in [3.8, 4) is 0 Å². The van der Waals surface area contributed by atoms with E-state index in [0.717, 1.165) is 30.6 Å². The maximum absolute atomic E-state index is 13.1. The molecule has 6 nitrogen and oxygen atoms in total. The first kappa shape index (κ1) is 19.9. The van der Waals surface area contributed by atoms with E-state index in [1.165, 1.54) is 24.3 Å². The van der Waals surface area contributed by atoms with Gasteiger partial charge < -0.3 is 10.6 Å². The molecule has 1 aliphatic heterocycles. The number of hydrogen-bond donors (Lipinski definition) is 2. The maximum Gasteiger partial charge on any atom is 0.325 e. The van der Waals surface area contributed by atoms with Crippen molar-refractivity contribution in [2.24, 2.45) is 0 Å². The minimum Gasteiger partial charge on any atom is -0.352 e. The Morgan fingerprint density at radius 2 is 1.92 bits per heavy atom. The lowest BCUT2D eigenvalue weighted by atomic mass is 9.92. The number of hydrogen-bond acceptors (Lipinski definition) is 3. The van der Waals surface area contributed by atoms with Gasteiger partial charge in [0.15, 0.2) is 0 Å². The Bertz CT molecular complexity index is 677. The molecule has 0 aliphatic carbocycles. The number of imide groups is 1. The number of rotatable bonds is 8. The van der Waals surface area contributed by atoms with Crippen LogP contribution in [0.5, 0.6) is 0 Å². The molecule has 2 atom stereocenters. The lowest BCUT2D eigenvalue weighted by molar-refractivity contribution is -0.135. The van der Waals surface area contributed by atoms with E-state index in [4.69, 9.17) is 0 Å². The zero-order chi connectivity index (χ0) is 19.3. The fraction of sp³-hybridized carbons (Fsp3) is 0.526. The lowest BCUT2D eigenvalue weighted by Crippen LogP contribution is -2.45. The summed E-state index contributed by atoms with van der Waals surface area (Å²) in [6.07, 6.45) is 4.07. The van der Waals surface area contributed by atoms with E-state index < -0.39 is 23.3 Å². The van der Waals surface area contributed by atoms with Crippen molar-refractivity contribution in [2.45, 2.75) is 58.0 Å². The van der Waals surface area contributed by atoms with Crippen molar-refractivity contribution in [3.05, 3.63) is 35.6 Å². The number of urea groups is 1. The molecule has 2 N–H and O–H groups in total. The van der Waals surface area contributed by atoms with Gasteiger partial charge in [0.1, 0.15) is 17.9 Å². The molecule has 1 aliphatic rings. The first-order valence-electron chi connectivity index (χ1n) is 8.97. The predicted molar refractivity (Wildman–Crippen MR) is 95.7 cm³/mol. The Morgan fingerprint density at radius 1 is 1.27 bits per heavy atom. The highest BCUT2D eigenvalue weighted by Crippen LogP contribution is 2.28. The SMILES string of the molecule is CCCCCC(C)NC(=O)CN1C(=O)NC(C)(c2ccc(F)cc2)C1=O. The summed E-state index contributed by atoms with van der Waals surface area (Å²) in [5.41, 5.74) is -0.842. The molecule has 0 bridgehead atoms. The van der Waals surface area contributed by atoms with Crippen LogP contribution in [0, 0.1) is 5.82 Å². The largest absolute Gasteiger partial charge is 0.352 e. The van der Waals surface area contributed by atoms with Crippen LogP contribution in [0.25, 0.3) is 0 Å². The van der Waals surface area contributed by atoms with Crippen LogP contribution in [0.4, 0.5) is 9.18 Å². The number of carbonyl (C=O) groups excluding carboxylic acids is 3. The van der Waals surface area contributed by atoms with Crippen molar-refractivity contribution in [1.82, 2.24) is 15.5 Å². The van der Waals surface area contributed by atoms with Crippen LogP contribution in [0.3, 0.4) is 0 Å². The van der Waals surface area contributed by atoms with Gasteiger partial charge in [-0.05, 0) is 38.0 Å². The van der Waals surface area contributed by atoms with Gasteiger partial charge in [0.25, 0.3) is 5.91 Å². The summed E-state index contributed by atoms with van der Waals surface area (Å²) in [5.74, 6) is -1.33. The summed E-state index contributed by atoms with van der Waals surface area (Å²) in [6.45, 7) is 5.23. The molecule has 1 aromatic rings. The van der Waals surface area contributed by atoms with Gasteiger partial charge in [-0.1, -0.05) is 38.3 Å². The van der Waals surface area contributed by atoms with Crippen molar-refractivity contribution in [3.63, 3.8) is 0 Å². The Kier molecular flexibility index (Phi) is 6.34. The molecule has 1 aromatic carbocycles. The fourth-order valence-corrected chi connectivity index (χ4v) is 3.06. The van der Waals surface area contributed by atoms with Gasteiger partial charge in [0.2, 0.25) is 5.91 Å². The molecule has 4 amide bonds. The summed E-state index contributed by atoms with van der Waals surface area (Å²) >= 11 is 0. The van der Waals surface area contributed by atoms with Crippen molar-refractivity contribution >= 4 is 17.8 Å². The molecular formula is C19H26FN3O3. The minimum atomic E-state index is -1.31. The molecule has 7 heteroatoms. The standard InChI is InChI=1S/C19H26FN3O3/c1-4-5-6-7-13(2)21-16(24)12-23-17(25)19(3,22-18(23)26)14-8-10-15(20)11-9-14/h8-11,13H,4-7,12H2,1-3H3,(H,21,24)(H,22,26). The van der Waals surface area contributed by atoms with Gasteiger partial charge >= 0.3 is 6.03 Å². The number of nitrogens with zero attached hydrogens (tertiary/aromatic N) is 1. The number of unbranched alkanes of at least 4 members (excludes halogenated alkanes) is 2. The van der Waals surface area contributed by atoms with E-state index in [0.29, 0.717) is 5.56 Å². The first-order valence-corrected chi connectivity index (χ1v) is 8.97. The van der Waals surface area contributed by atoms with Crippen molar-refractivity contribution in [1.29, 1.82) is 0 Å². The number of benzene rings is 1. The normalized spacial score (nSPS) is 20.8. The van der Waals surface area contributed by atoms with Gasteiger partial charge in [0.05, 0.1) is 0 Å². The van der Waals surface area contributed by atoms with Crippen molar-refractivity contribution < 1.29 is 18.8 Å². The summed E-state index contributed by atoms with van der Waals surface area (Å²) < 4.78 is 13.1. The molecule has 0 spiro atoms. The van der Waals surface area contributed by atoms with Gasteiger partial charge in [-0.2, -0.15) is 0 Å². The Balaban J connectivity index is 2.00. The number of carbonyl (C=O) groups is 3. The van der Waals surface area contributed by atoms with Crippen molar-refractivity contribution in [2.75, 3.05) is 6.54 Å². The monoisotopic (exact) mass is 363 g/mol. The smallest absolute Gasteiger partial charge is 0.325 e. The second-order valence-corrected chi connectivity index (χ2v) is 6.92. The quantitative estimate of drug-likeness (QED) is 0.551. The number of halogens is 1. The molecular weight excluding hydrogens is 337 g/mol. The third-order valence-corrected chi connectivity index (χ3v) is 4.65. The average Bonchev–Trinajstić information content (AvgIpc) is 2.80. The molecule has 0 radical (unpaired) electrons. The zero-order valence-electron chi connectivity index (χ0n) is 15.5. The Morgan fingerprint density at radius 3 is 2.54 bits per heavy atom. The van der Waals surface area contributed by atoms with Gasteiger partial charge in [-0.3, -0.25) is 14.5 Å². The third-order valence-electron chi connectivity index (χ3n) is 4.65. The topological polar surface area (TPSA) is 78.5 Å². The Labute approximate surface area is 153 Å². The van der Waals surface area contributed by atoms with Crippen LogP contribution < -0.4 is 10.6 Å². The fourth-order valence-electron chi connectivity index (χ4n) is 3.06. The predicted octanol–water partition coefficient (Wildman–Crippen LogP) is 2.68. The maximum atomic E-state index is 13.1. The van der Waals surface area contributed by atoms with Gasteiger partial charge in [-0.15, -0.1) is 0 Å². The zero-order valence-corrected chi connectivity index (χ0v) is 15.5. The first-order chi connectivity index (χ1) is 12.3. The molecule has 1 saturated heterocycles. The summed E-state index contributed by atoms with van der Waals surface area (Å²) in [5, 5.41) is 5.42. The highest BCUT2D eigenvalue weighted by Gasteiger charge is 2.49. The second-order valence-electron chi connectivity index (χ2n) is 6.92. The molecule has 1 fully saturated rings. The second kappa shape index (κ2) is 8.29. The van der Waals surface area contributed by atoms with E-state index in [9.17, 15) is 18.8 Å². The Hall–Kier alpha value is -2.44. The van der Waals surface area contributed by atoms with Crippen LogP contribution in [-0.2, 0) is 15.1 Å². The van der Waals surface area contributed by atoms with E-state index >= 15 is 0 Å². The summed E-state index contributed by atoms with van der Waals surface area (Å²) in [4.78, 5) is 38.0. The van der Waals surface area contributed by atoms with Gasteiger partial charge in [0, 0.05) is 6.04 Å². The highest BCUT2D eigenvalue weighted by atomic mass is 19.1. The lowest BCUT2D eigenvalue weighted by Gasteiger charge is -2.22. The van der Waals surface area contributed by atoms with E-state index in [1.54, 1.807) is 6.92 Å². The third kappa shape index (κ3) is 4.39. The van der Waals surface area contributed by atoms with Crippen LogP contribution in [0.15, 0.2) is 24.3 Å². The molecule has 1 heterocycles. The van der Waals surface area contributed by atoms with Crippen LogP contribution in [0.2, 0.25) is 0 Å². The number of nitrogens with one attached hydrogen (secondary N) is 2. The van der Waals surface area contributed by atoms with E-state index in [1.807, 2.05) is 6.92 Å². The molecule has 0 aromatic heterocycles. The minimum absolute atomic E-state index is 0.0155. The van der Waals surface area contributed by atoms with E-state index in [-0.39, 0.29) is 18.5 Å². The van der Waals surface area contributed by atoms with E-state index in [2.05, 4.69) is 17.6 Å². The molecule has 26 heavy (non-hydrogen) atoms. The number of amides is 4. The van der Waals surface area contributed by atoms with Crippen LogP contribution in [-0.4, -0.2) is 35.3 Å². The average molecular weight is 363 g/mol. The molecule has 2 unspecified atom stereocenters. The van der Waals surface area contributed by atoms with Crippen LogP contribution >= 0.6 is 0 Å². The molecule has 2 rings (SSSR count). The summed E-state index contributed by atoms with van der Waals surface area (Å²) in [7, 11) is 0. The molecule has 0 saturated carbocycles. The highest BCUT2D eigenvalue weighted by molar-refractivity contribution is 6.09. The van der Waals surface area contributed by atoms with Crippen LogP contribution in [0.1, 0.15) is 52.0 Å². The summed E-state index contributed by atoms with van der Waals surface area (Å²) in [6, 6.07) is 4.72.